The highest BCUT2D eigenvalue weighted by atomic mass is 16.1. The zero-order valence-corrected chi connectivity index (χ0v) is 8.05. The van der Waals surface area contributed by atoms with E-state index in [1.165, 1.54) is 0 Å². The molecule has 1 aliphatic rings. The van der Waals surface area contributed by atoms with Crippen LogP contribution in [0.1, 0.15) is 6.42 Å². The van der Waals surface area contributed by atoms with E-state index < -0.39 is 0 Å². The number of amides is 1. The number of nitrogens with one attached hydrogen (secondary N) is 1. The van der Waals surface area contributed by atoms with Gasteiger partial charge in [0.15, 0.2) is 0 Å². The van der Waals surface area contributed by atoms with Crippen molar-refractivity contribution in [3.8, 4) is 0 Å². The molecule has 1 aliphatic heterocycles. The molecule has 0 aromatic carbocycles. The Kier molecular flexibility index (Phi) is 2.38. The molecule has 2 heterocycles. The molecule has 1 unspecified atom stereocenters. The summed E-state index contributed by atoms with van der Waals surface area (Å²) >= 11 is 0. The van der Waals surface area contributed by atoms with Crippen molar-refractivity contribution in [1.29, 1.82) is 0 Å². The van der Waals surface area contributed by atoms with Gasteiger partial charge in [0, 0.05) is 12.7 Å². The van der Waals surface area contributed by atoms with Gasteiger partial charge < -0.3 is 10.6 Å². The van der Waals surface area contributed by atoms with Gasteiger partial charge in [-0.15, -0.1) is 0 Å². The molecule has 0 aliphatic carbocycles. The Morgan fingerprint density at radius 3 is 3.00 bits per heavy atom. The van der Waals surface area contributed by atoms with Gasteiger partial charge in [0.25, 0.3) is 0 Å². The van der Waals surface area contributed by atoms with Gasteiger partial charge in [0.2, 0.25) is 11.9 Å². The molecule has 2 rings (SSSR count). The summed E-state index contributed by atoms with van der Waals surface area (Å²) in [5.74, 6) is 5.84. The van der Waals surface area contributed by atoms with Crippen LogP contribution in [-0.2, 0) is 4.79 Å². The third kappa shape index (κ3) is 1.68. The maximum atomic E-state index is 11.0. The third-order valence-corrected chi connectivity index (χ3v) is 2.41. The second-order valence-corrected chi connectivity index (χ2v) is 3.28. The summed E-state index contributed by atoms with van der Waals surface area (Å²) < 4.78 is 0. The molecular formula is C8H12N6O. The molecule has 0 spiro atoms. The molecule has 1 fully saturated rings. The highest BCUT2D eigenvalue weighted by Crippen LogP contribution is 2.24. The lowest BCUT2D eigenvalue weighted by atomic mass is 10.0. The van der Waals surface area contributed by atoms with Gasteiger partial charge in [-0.2, -0.15) is 4.98 Å². The number of carbonyl (C=O) groups excluding carboxylic acids is 1. The van der Waals surface area contributed by atoms with Crippen LogP contribution in [-0.4, -0.2) is 28.5 Å². The van der Waals surface area contributed by atoms with E-state index in [1.54, 1.807) is 12.3 Å². The Bertz CT molecular complexity index is 381. The minimum absolute atomic E-state index is 0.259. The van der Waals surface area contributed by atoms with Crippen LogP contribution >= 0.6 is 0 Å². The second kappa shape index (κ2) is 3.70. The van der Waals surface area contributed by atoms with E-state index in [1.807, 2.05) is 4.90 Å². The van der Waals surface area contributed by atoms with Crippen LogP contribution in [0.4, 0.5) is 11.8 Å². The minimum atomic E-state index is -0.331. The summed E-state index contributed by atoms with van der Waals surface area (Å²) in [5, 5.41) is 0. The molecule has 1 aromatic rings. The van der Waals surface area contributed by atoms with Gasteiger partial charge in [0.1, 0.15) is 11.9 Å². The first-order valence-corrected chi connectivity index (χ1v) is 4.58. The average molecular weight is 208 g/mol. The standard InChI is InChI=1S/C8H12N6O/c9-7(15)5-2-4-14(5)6-1-3-11-8(12-6)13-10/h1,3,5H,2,4,10H2,(H2,9,15)(H,11,12,13). The Balaban J connectivity index is 2.19. The number of hydrazine groups is 1. The fourth-order valence-corrected chi connectivity index (χ4v) is 1.54. The Morgan fingerprint density at radius 2 is 2.47 bits per heavy atom. The van der Waals surface area contributed by atoms with Crippen molar-refractivity contribution in [2.24, 2.45) is 11.6 Å². The molecule has 0 saturated carbocycles. The molecule has 0 radical (unpaired) electrons. The van der Waals surface area contributed by atoms with Crippen molar-refractivity contribution in [2.75, 3.05) is 16.9 Å². The lowest BCUT2D eigenvalue weighted by Gasteiger charge is -2.39. The predicted molar refractivity (Wildman–Crippen MR) is 54.8 cm³/mol. The molecule has 1 saturated heterocycles. The molecule has 80 valence electrons. The molecule has 7 nitrogen and oxygen atoms in total. The highest BCUT2D eigenvalue weighted by Gasteiger charge is 2.33. The largest absolute Gasteiger partial charge is 0.368 e. The third-order valence-electron chi connectivity index (χ3n) is 2.41. The van der Waals surface area contributed by atoms with Gasteiger partial charge in [-0.25, -0.2) is 10.8 Å². The van der Waals surface area contributed by atoms with E-state index in [9.17, 15) is 4.79 Å². The van der Waals surface area contributed by atoms with Crippen LogP contribution in [0.2, 0.25) is 0 Å². The minimum Gasteiger partial charge on any atom is -0.368 e. The molecule has 0 bridgehead atoms. The number of nitrogens with two attached hydrogens (primary N) is 2. The first-order valence-electron chi connectivity index (χ1n) is 4.58. The van der Waals surface area contributed by atoms with Crippen LogP contribution in [0.5, 0.6) is 0 Å². The molecule has 7 heteroatoms. The topological polar surface area (TPSA) is 110 Å². The predicted octanol–water partition coefficient (Wildman–Crippen LogP) is -1.17. The summed E-state index contributed by atoms with van der Waals surface area (Å²) in [6.45, 7) is 0.772. The van der Waals surface area contributed by atoms with Gasteiger partial charge in [-0.1, -0.05) is 0 Å². The number of hydrogen-bond acceptors (Lipinski definition) is 6. The molecule has 1 amide bonds. The summed E-state index contributed by atoms with van der Waals surface area (Å²) in [6.07, 6.45) is 2.35. The van der Waals surface area contributed by atoms with Crippen LogP contribution in [0.25, 0.3) is 0 Å². The van der Waals surface area contributed by atoms with Gasteiger partial charge in [0.05, 0.1) is 0 Å². The molecule has 15 heavy (non-hydrogen) atoms. The summed E-state index contributed by atoms with van der Waals surface area (Å²) in [7, 11) is 0. The lowest BCUT2D eigenvalue weighted by Crippen LogP contribution is -2.55. The van der Waals surface area contributed by atoms with Crippen LogP contribution in [0.15, 0.2) is 12.3 Å². The normalized spacial score (nSPS) is 19.5. The number of aromatic nitrogens is 2. The van der Waals surface area contributed by atoms with E-state index in [0.29, 0.717) is 11.8 Å². The molecule has 1 atom stereocenters. The van der Waals surface area contributed by atoms with Gasteiger partial charge in [-0.05, 0) is 12.5 Å². The number of primary amides is 1. The highest BCUT2D eigenvalue weighted by molar-refractivity contribution is 5.85. The Labute approximate surface area is 86.4 Å². The summed E-state index contributed by atoms with van der Waals surface area (Å²) in [6, 6.07) is 1.46. The number of nitrogen functional groups attached to an aromatic ring is 1. The molecule has 5 N–H and O–H groups in total. The lowest BCUT2D eigenvalue weighted by molar-refractivity contribution is -0.120. The number of nitrogens with zero attached hydrogens (tertiary/aromatic N) is 3. The monoisotopic (exact) mass is 208 g/mol. The van der Waals surface area contributed by atoms with Crippen molar-refractivity contribution in [3.63, 3.8) is 0 Å². The first kappa shape index (κ1) is 9.66. The number of rotatable bonds is 3. The summed E-state index contributed by atoms with van der Waals surface area (Å²) in [4.78, 5) is 20.8. The number of hydrogen-bond donors (Lipinski definition) is 3. The van der Waals surface area contributed by atoms with Crippen LogP contribution in [0, 0.1) is 0 Å². The Morgan fingerprint density at radius 1 is 1.67 bits per heavy atom. The fraction of sp³-hybridized carbons (Fsp3) is 0.375. The van der Waals surface area contributed by atoms with E-state index >= 15 is 0 Å². The van der Waals surface area contributed by atoms with Crippen molar-refractivity contribution in [2.45, 2.75) is 12.5 Å². The van der Waals surface area contributed by atoms with Crippen molar-refractivity contribution < 1.29 is 4.79 Å². The maximum absolute atomic E-state index is 11.0. The number of carbonyl (C=O) groups is 1. The average Bonchev–Trinajstić information content (AvgIpc) is 2.15. The zero-order chi connectivity index (χ0) is 10.8. The quantitative estimate of drug-likeness (QED) is 0.426. The van der Waals surface area contributed by atoms with E-state index in [2.05, 4.69) is 15.4 Å². The van der Waals surface area contributed by atoms with Crippen molar-refractivity contribution in [1.82, 2.24) is 9.97 Å². The molecule has 1 aromatic heterocycles. The number of anilines is 2. The Hall–Kier alpha value is -1.89. The van der Waals surface area contributed by atoms with Crippen molar-refractivity contribution in [3.05, 3.63) is 12.3 Å². The fourth-order valence-electron chi connectivity index (χ4n) is 1.54. The summed E-state index contributed by atoms with van der Waals surface area (Å²) in [5.41, 5.74) is 7.58. The van der Waals surface area contributed by atoms with Crippen LogP contribution < -0.4 is 21.9 Å². The maximum Gasteiger partial charge on any atom is 0.240 e. The van der Waals surface area contributed by atoms with Crippen LogP contribution in [0.3, 0.4) is 0 Å². The van der Waals surface area contributed by atoms with Gasteiger partial charge in [-0.3, -0.25) is 10.2 Å². The molecular weight excluding hydrogens is 196 g/mol. The van der Waals surface area contributed by atoms with E-state index in [-0.39, 0.29) is 11.9 Å². The first-order chi connectivity index (χ1) is 7.22. The van der Waals surface area contributed by atoms with E-state index in [0.717, 1.165) is 13.0 Å². The van der Waals surface area contributed by atoms with Gasteiger partial charge >= 0.3 is 0 Å². The van der Waals surface area contributed by atoms with Crippen molar-refractivity contribution >= 4 is 17.7 Å². The second-order valence-electron chi connectivity index (χ2n) is 3.28. The van der Waals surface area contributed by atoms with E-state index in [4.69, 9.17) is 11.6 Å². The smallest absolute Gasteiger partial charge is 0.240 e. The zero-order valence-electron chi connectivity index (χ0n) is 8.05. The SMILES string of the molecule is NNc1nccc(N2CCC2C(N)=O)n1.